The Kier molecular flexibility index (Phi) is 5.08. The van der Waals surface area contributed by atoms with Gasteiger partial charge < -0.3 is 20.2 Å². The molecule has 6 heteroatoms. The summed E-state index contributed by atoms with van der Waals surface area (Å²) in [6, 6.07) is -0.299. The van der Waals surface area contributed by atoms with E-state index in [0.717, 1.165) is 25.8 Å². The highest BCUT2D eigenvalue weighted by molar-refractivity contribution is 5.83. The number of nitrogens with zero attached hydrogens (tertiary/aromatic N) is 2. The fraction of sp³-hybridized carbons (Fsp3) is 0.867. The molecule has 0 aromatic carbocycles. The molecule has 4 unspecified atom stereocenters. The van der Waals surface area contributed by atoms with Gasteiger partial charge in [0.25, 0.3) is 0 Å². The first-order valence-corrected chi connectivity index (χ1v) is 7.88. The van der Waals surface area contributed by atoms with Crippen LogP contribution in [-0.4, -0.2) is 65.2 Å². The zero-order chi connectivity index (χ0) is 15.6. The molecule has 2 rings (SSSR count). The molecule has 2 amide bonds. The summed E-state index contributed by atoms with van der Waals surface area (Å²) in [5.41, 5.74) is 0. The third-order valence-corrected chi connectivity index (χ3v) is 4.95. The largest absolute Gasteiger partial charge is 0.480 e. The van der Waals surface area contributed by atoms with E-state index in [0.29, 0.717) is 24.9 Å². The first-order valence-electron chi connectivity index (χ1n) is 7.88. The van der Waals surface area contributed by atoms with Crippen LogP contribution in [0.1, 0.15) is 39.5 Å². The van der Waals surface area contributed by atoms with Gasteiger partial charge in [0.15, 0.2) is 0 Å². The predicted molar refractivity (Wildman–Crippen MR) is 80.2 cm³/mol. The zero-order valence-electron chi connectivity index (χ0n) is 13.2. The fourth-order valence-electron chi connectivity index (χ4n) is 3.30. The van der Waals surface area contributed by atoms with Crippen LogP contribution in [0.2, 0.25) is 0 Å². The molecule has 21 heavy (non-hydrogen) atoms. The topological polar surface area (TPSA) is 72.9 Å². The highest BCUT2D eigenvalue weighted by atomic mass is 16.4. The molecule has 0 aliphatic carbocycles. The second kappa shape index (κ2) is 6.64. The maximum Gasteiger partial charge on any atom is 0.326 e. The predicted octanol–water partition coefficient (Wildman–Crippen LogP) is 1.36. The average Bonchev–Trinajstić information content (AvgIpc) is 2.42. The van der Waals surface area contributed by atoms with E-state index in [1.807, 2.05) is 6.92 Å². The third-order valence-electron chi connectivity index (χ3n) is 4.95. The number of amides is 2. The van der Waals surface area contributed by atoms with Gasteiger partial charge in [-0.05, 0) is 45.6 Å². The highest BCUT2D eigenvalue weighted by Crippen LogP contribution is 2.23. The number of nitrogens with one attached hydrogen (secondary N) is 1. The van der Waals surface area contributed by atoms with Crippen LogP contribution in [0.15, 0.2) is 0 Å². The van der Waals surface area contributed by atoms with Crippen LogP contribution in [0.5, 0.6) is 0 Å². The molecule has 0 aromatic heterocycles. The number of carboxylic acids is 1. The monoisotopic (exact) mass is 297 g/mol. The minimum Gasteiger partial charge on any atom is -0.480 e. The van der Waals surface area contributed by atoms with E-state index in [2.05, 4.69) is 24.2 Å². The van der Waals surface area contributed by atoms with Crippen molar-refractivity contribution in [2.75, 3.05) is 20.1 Å². The summed E-state index contributed by atoms with van der Waals surface area (Å²) in [6.45, 7) is 5.70. The molecule has 2 aliphatic heterocycles. The Balaban J connectivity index is 1.94. The second-order valence-corrected chi connectivity index (χ2v) is 6.68. The van der Waals surface area contributed by atoms with Crippen LogP contribution in [-0.2, 0) is 4.79 Å². The Morgan fingerprint density at radius 1 is 1.14 bits per heavy atom. The number of hydrogen-bond acceptors (Lipinski definition) is 3. The van der Waals surface area contributed by atoms with Gasteiger partial charge in [0.1, 0.15) is 6.04 Å². The van der Waals surface area contributed by atoms with Gasteiger partial charge >= 0.3 is 12.0 Å². The first kappa shape index (κ1) is 16.1. The lowest BCUT2D eigenvalue weighted by atomic mass is 9.92. The van der Waals surface area contributed by atoms with Crippen molar-refractivity contribution in [2.24, 2.45) is 5.92 Å². The normalized spacial score (nSPS) is 34.5. The SMILES string of the molecule is CC1CCN(C(=O)NC2CCN(C)C(C)C2)C(C(=O)O)C1. The first-order chi connectivity index (χ1) is 9.88. The molecule has 120 valence electrons. The molecule has 0 saturated carbocycles. The van der Waals surface area contributed by atoms with Gasteiger partial charge in [-0.1, -0.05) is 6.92 Å². The number of urea groups is 1. The number of rotatable bonds is 2. The van der Waals surface area contributed by atoms with E-state index in [1.165, 1.54) is 4.90 Å². The summed E-state index contributed by atoms with van der Waals surface area (Å²) in [4.78, 5) is 27.6. The summed E-state index contributed by atoms with van der Waals surface area (Å²) in [7, 11) is 2.09. The Morgan fingerprint density at radius 3 is 2.48 bits per heavy atom. The van der Waals surface area contributed by atoms with Crippen molar-refractivity contribution in [3.05, 3.63) is 0 Å². The number of hydrogen-bond donors (Lipinski definition) is 2. The Morgan fingerprint density at radius 2 is 1.86 bits per heavy atom. The van der Waals surface area contributed by atoms with Crippen LogP contribution >= 0.6 is 0 Å². The molecular weight excluding hydrogens is 270 g/mol. The quantitative estimate of drug-likeness (QED) is 0.807. The summed E-state index contributed by atoms with van der Waals surface area (Å²) < 4.78 is 0. The van der Waals surface area contributed by atoms with Crippen LogP contribution in [0.4, 0.5) is 4.79 Å². The average molecular weight is 297 g/mol. The highest BCUT2D eigenvalue weighted by Gasteiger charge is 2.36. The molecule has 0 radical (unpaired) electrons. The number of piperidine rings is 2. The van der Waals surface area contributed by atoms with Crippen molar-refractivity contribution < 1.29 is 14.7 Å². The smallest absolute Gasteiger partial charge is 0.326 e. The molecule has 0 spiro atoms. The standard InChI is InChI=1S/C15H27N3O3/c1-10-4-7-18(13(8-10)14(19)20)15(21)16-12-5-6-17(3)11(2)9-12/h10-13H,4-9H2,1-3H3,(H,16,21)(H,19,20). The molecule has 2 saturated heterocycles. The van der Waals surface area contributed by atoms with E-state index in [9.17, 15) is 14.7 Å². The van der Waals surface area contributed by atoms with Gasteiger partial charge in [0.05, 0.1) is 0 Å². The molecule has 2 N–H and O–H groups in total. The van der Waals surface area contributed by atoms with Gasteiger partial charge in [-0.15, -0.1) is 0 Å². The van der Waals surface area contributed by atoms with Crippen molar-refractivity contribution in [1.82, 2.24) is 15.1 Å². The van der Waals surface area contributed by atoms with Crippen LogP contribution in [0.25, 0.3) is 0 Å². The maximum atomic E-state index is 12.4. The summed E-state index contributed by atoms with van der Waals surface area (Å²) in [5.74, 6) is -0.535. The summed E-state index contributed by atoms with van der Waals surface area (Å²) in [5, 5.41) is 12.4. The Labute approximate surface area is 126 Å². The number of likely N-dealkylation sites (tertiary alicyclic amines) is 2. The molecule has 6 nitrogen and oxygen atoms in total. The van der Waals surface area contributed by atoms with Gasteiger partial charge in [0.2, 0.25) is 0 Å². The van der Waals surface area contributed by atoms with Gasteiger partial charge in [-0.25, -0.2) is 9.59 Å². The van der Waals surface area contributed by atoms with Gasteiger partial charge in [-0.3, -0.25) is 0 Å². The van der Waals surface area contributed by atoms with E-state index in [1.54, 1.807) is 0 Å². The van der Waals surface area contributed by atoms with Gasteiger partial charge in [0, 0.05) is 25.2 Å². The Bertz CT molecular complexity index is 402. The van der Waals surface area contributed by atoms with Crippen LogP contribution in [0, 0.1) is 5.92 Å². The molecular formula is C15H27N3O3. The van der Waals surface area contributed by atoms with Crippen molar-refractivity contribution >= 4 is 12.0 Å². The molecule has 0 aromatic rings. The molecule has 0 bridgehead atoms. The van der Waals surface area contributed by atoms with Crippen LogP contribution in [0.3, 0.4) is 0 Å². The van der Waals surface area contributed by atoms with Gasteiger partial charge in [-0.2, -0.15) is 0 Å². The maximum absolute atomic E-state index is 12.4. The van der Waals surface area contributed by atoms with Crippen molar-refractivity contribution in [2.45, 2.75) is 57.7 Å². The molecule has 2 aliphatic rings. The lowest BCUT2D eigenvalue weighted by Gasteiger charge is -2.39. The fourth-order valence-corrected chi connectivity index (χ4v) is 3.30. The number of carbonyl (C=O) groups excluding carboxylic acids is 1. The number of carbonyl (C=O) groups is 2. The molecule has 2 heterocycles. The van der Waals surface area contributed by atoms with Crippen molar-refractivity contribution in [3.63, 3.8) is 0 Å². The van der Waals surface area contributed by atoms with E-state index >= 15 is 0 Å². The minimum absolute atomic E-state index is 0.150. The van der Waals surface area contributed by atoms with E-state index in [4.69, 9.17) is 0 Å². The van der Waals surface area contributed by atoms with E-state index < -0.39 is 12.0 Å². The van der Waals surface area contributed by atoms with Crippen molar-refractivity contribution in [1.29, 1.82) is 0 Å². The lowest BCUT2D eigenvalue weighted by molar-refractivity contribution is -0.143. The lowest BCUT2D eigenvalue weighted by Crippen LogP contribution is -2.56. The summed E-state index contributed by atoms with van der Waals surface area (Å²) >= 11 is 0. The minimum atomic E-state index is -0.895. The molecule has 4 atom stereocenters. The van der Waals surface area contributed by atoms with E-state index in [-0.39, 0.29) is 12.1 Å². The number of aliphatic carboxylic acids is 1. The van der Waals surface area contributed by atoms with Crippen LogP contribution < -0.4 is 5.32 Å². The number of carboxylic acid groups (broad SMARTS) is 1. The zero-order valence-corrected chi connectivity index (χ0v) is 13.2. The Hall–Kier alpha value is -1.30. The van der Waals surface area contributed by atoms with Crippen molar-refractivity contribution in [3.8, 4) is 0 Å². The second-order valence-electron chi connectivity index (χ2n) is 6.68. The summed E-state index contributed by atoms with van der Waals surface area (Å²) in [6.07, 6.45) is 3.27. The molecule has 2 fully saturated rings. The third kappa shape index (κ3) is 3.87.